The summed E-state index contributed by atoms with van der Waals surface area (Å²) >= 11 is 0. The first-order chi connectivity index (χ1) is 9.20. The lowest BCUT2D eigenvalue weighted by atomic mass is 9.87. The Labute approximate surface area is 116 Å². The van der Waals surface area contributed by atoms with Crippen LogP contribution in [-0.2, 0) is 0 Å². The molecule has 0 fully saturated rings. The second-order valence-electron chi connectivity index (χ2n) is 5.27. The van der Waals surface area contributed by atoms with Gasteiger partial charge in [-0.25, -0.2) is 0 Å². The van der Waals surface area contributed by atoms with Gasteiger partial charge in [-0.3, -0.25) is 0 Å². The molecule has 100 valence electrons. The van der Waals surface area contributed by atoms with E-state index in [-0.39, 0.29) is 0 Å². The van der Waals surface area contributed by atoms with Crippen molar-refractivity contribution in [3.8, 4) is 0 Å². The molecule has 0 spiro atoms. The monoisotopic (exact) mass is 253 g/mol. The van der Waals surface area contributed by atoms with E-state index < -0.39 is 0 Å². The predicted molar refractivity (Wildman–Crippen MR) is 82.7 cm³/mol. The SMILES string of the molecule is CNCCC(c1ccc(C)cc1)c1cccc(C)c1. The molecular formula is C18H23N. The summed E-state index contributed by atoms with van der Waals surface area (Å²) in [6, 6.07) is 17.8. The zero-order valence-electron chi connectivity index (χ0n) is 12.1. The van der Waals surface area contributed by atoms with Gasteiger partial charge in [-0.15, -0.1) is 0 Å². The first kappa shape index (κ1) is 13.8. The molecule has 0 heterocycles. The van der Waals surface area contributed by atoms with Crippen molar-refractivity contribution in [3.05, 3.63) is 70.8 Å². The van der Waals surface area contributed by atoms with Crippen LogP contribution in [0.25, 0.3) is 0 Å². The summed E-state index contributed by atoms with van der Waals surface area (Å²) in [5.74, 6) is 0.480. The molecule has 1 heteroatoms. The zero-order valence-corrected chi connectivity index (χ0v) is 12.1. The Bertz CT molecular complexity index is 513. The Hall–Kier alpha value is -1.60. The van der Waals surface area contributed by atoms with Crippen molar-refractivity contribution in [2.24, 2.45) is 0 Å². The minimum Gasteiger partial charge on any atom is -0.320 e. The molecule has 19 heavy (non-hydrogen) atoms. The standard InChI is InChI=1S/C18H23N/c1-14-7-9-16(10-8-14)18(11-12-19-3)17-6-4-5-15(2)13-17/h4-10,13,18-19H,11-12H2,1-3H3. The largest absolute Gasteiger partial charge is 0.320 e. The number of nitrogens with one attached hydrogen (secondary N) is 1. The Morgan fingerprint density at radius 3 is 2.26 bits per heavy atom. The van der Waals surface area contributed by atoms with Gasteiger partial charge in [0.25, 0.3) is 0 Å². The minimum absolute atomic E-state index is 0.480. The molecule has 0 aliphatic heterocycles. The molecule has 0 amide bonds. The number of rotatable bonds is 5. The van der Waals surface area contributed by atoms with Gasteiger partial charge in [0.2, 0.25) is 0 Å². The van der Waals surface area contributed by atoms with E-state index in [1.54, 1.807) is 0 Å². The van der Waals surface area contributed by atoms with Gasteiger partial charge in [0, 0.05) is 5.92 Å². The van der Waals surface area contributed by atoms with Gasteiger partial charge >= 0.3 is 0 Å². The third-order valence-electron chi connectivity index (χ3n) is 3.61. The van der Waals surface area contributed by atoms with Gasteiger partial charge in [0.15, 0.2) is 0 Å². The second-order valence-corrected chi connectivity index (χ2v) is 5.27. The van der Waals surface area contributed by atoms with Crippen LogP contribution in [0.15, 0.2) is 48.5 Å². The Kier molecular flexibility index (Phi) is 4.75. The van der Waals surface area contributed by atoms with Crippen molar-refractivity contribution in [2.45, 2.75) is 26.2 Å². The zero-order chi connectivity index (χ0) is 13.7. The van der Waals surface area contributed by atoms with E-state index >= 15 is 0 Å². The van der Waals surface area contributed by atoms with E-state index in [9.17, 15) is 0 Å². The molecule has 0 radical (unpaired) electrons. The summed E-state index contributed by atoms with van der Waals surface area (Å²) in [7, 11) is 2.02. The third-order valence-corrected chi connectivity index (χ3v) is 3.61. The fraction of sp³-hybridized carbons (Fsp3) is 0.333. The summed E-state index contributed by atoms with van der Waals surface area (Å²) in [6.45, 7) is 5.33. The minimum atomic E-state index is 0.480. The van der Waals surface area contributed by atoms with Crippen molar-refractivity contribution in [1.29, 1.82) is 0 Å². The molecule has 0 aliphatic carbocycles. The van der Waals surface area contributed by atoms with E-state index in [2.05, 4.69) is 67.7 Å². The highest BCUT2D eigenvalue weighted by atomic mass is 14.8. The van der Waals surface area contributed by atoms with Crippen LogP contribution in [0, 0.1) is 13.8 Å². The van der Waals surface area contributed by atoms with Crippen molar-refractivity contribution in [2.75, 3.05) is 13.6 Å². The van der Waals surface area contributed by atoms with Gasteiger partial charge in [-0.05, 0) is 45.0 Å². The van der Waals surface area contributed by atoms with E-state index in [0.717, 1.165) is 13.0 Å². The summed E-state index contributed by atoms with van der Waals surface area (Å²) in [4.78, 5) is 0. The Morgan fingerprint density at radius 1 is 0.895 bits per heavy atom. The second kappa shape index (κ2) is 6.53. The molecule has 0 aromatic heterocycles. The smallest absolute Gasteiger partial charge is 0.0101 e. The molecule has 2 aromatic rings. The van der Waals surface area contributed by atoms with Crippen molar-refractivity contribution >= 4 is 0 Å². The molecule has 0 aliphatic rings. The van der Waals surface area contributed by atoms with E-state index in [4.69, 9.17) is 0 Å². The van der Waals surface area contributed by atoms with Crippen LogP contribution in [-0.4, -0.2) is 13.6 Å². The van der Waals surface area contributed by atoms with Crippen LogP contribution in [0.5, 0.6) is 0 Å². The lowest BCUT2D eigenvalue weighted by Crippen LogP contribution is -2.13. The molecule has 1 unspecified atom stereocenters. The van der Waals surface area contributed by atoms with E-state index in [0.29, 0.717) is 5.92 Å². The molecule has 1 atom stereocenters. The highest BCUT2D eigenvalue weighted by Crippen LogP contribution is 2.28. The Morgan fingerprint density at radius 2 is 1.63 bits per heavy atom. The fourth-order valence-electron chi connectivity index (χ4n) is 2.50. The third kappa shape index (κ3) is 3.68. The van der Waals surface area contributed by atoms with Crippen LogP contribution in [0.1, 0.15) is 34.6 Å². The molecule has 0 saturated heterocycles. The highest BCUT2D eigenvalue weighted by molar-refractivity contribution is 5.35. The molecule has 2 rings (SSSR count). The summed E-state index contributed by atoms with van der Waals surface area (Å²) in [5, 5.41) is 3.26. The van der Waals surface area contributed by atoms with Crippen molar-refractivity contribution in [1.82, 2.24) is 5.32 Å². The van der Waals surface area contributed by atoms with Crippen LogP contribution >= 0.6 is 0 Å². The lowest BCUT2D eigenvalue weighted by molar-refractivity contribution is 0.661. The maximum absolute atomic E-state index is 3.26. The fourth-order valence-corrected chi connectivity index (χ4v) is 2.50. The van der Waals surface area contributed by atoms with Gasteiger partial charge in [-0.2, -0.15) is 0 Å². The van der Waals surface area contributed by atoms with Crippen LogP contribution in [0.4, 0.5) is 0 Å². The van der Waals surface area contributed by atoms with Gasteiger partial charge in [0.1, 0.15) is 0 Å². The summed E-state index contributed by atoms with van der Waals surface area (Å²) in [5.41, 5.74) is 5.48. The molecule has 1 nitrogen and oxygen atoms in total. The van der Waals surface area contributed by atoms with E-state index in [1.165, 1.54) is 22.3 Å². The molecular weight excluding hydrogens is 230 g/mol. The van der Waals surface area contributed by atoms with Gasteiger partial charge < -0.3 is 5.32 Å². The number of aryl methyl sites for hydroxylation is 2. The summed E-state index contributed by atoms with van der Waals surface area (Å²) in [6.07, 6.45) is 1.13. The van der Waals surface area contributed by atoms with E-state index in [1.807, 2.05) is 7.05 Å². The molecule has 0 bridgehead atoms. The van der Waals surface area contributed by atoms with Crippen LogP contribution < -0.4 is 5.32 Å². The predicted octanol–water partition coefficient (Wildman–Crippen LogP) is 4.04. The molecule has 0 saturated carbocycles. The maximum atomic E-state index is 3.26. The molecule has 2 aromatic carbocycles. The van der Waals surface area contributed by atoms with Crippen LogP contribution in [0.2, 0.25) is 0 Å². The average molecular weight is 253 g/mol. The van der Waals surface area contributed by atoms with Crippen molar-refractivity contribution < 1.29 is 0 Å². The van der Waals surface area contributed by atoms with Crippen molar-refractivity contribution in [3.63, 3.8) is 0 Å². The van der Waals surface area contributed by atoms with Gasteiger partial charge in [0.05, 0.1) is 0 Å². The number of hydrogen-bond acceptors (Lipinski definition) is 1. The quantitative estimate of drug-likeness (QED) is 0.848. The topological polar surface area (TPSA) is 12.0 Å². The first-order valence-corrected chi connectivity index (χ1v) is 6.98. The highest BCUT2D eigenvalue weighted by Gasteiger charge is 2.13. The Balaban J connectivity index is 2.32. The number of benzene rings is 2. The lowest BCUT2D eigenvalue weighted by Gasteiger charge is -2.18. The maximum Gasteiger partial charge on any atom is 0.0101 e. The molecule has 1 N–H and O–H groups in total. The average Bonchev–Trinajstić information content (AvgIpc) is 2.41. The summed E-state index contributed by atoms with van der Waals surface area (Å²) < 4.78 is 0. The normalized spacial score (nSPS) is 12.4. The first-order valence-electron chi connectivity index (χ1n) is 6.98. The van der Waals surface area contributed by atoms with Crippen LogP contribution in [0.3, 0.4) is 0 Å². The van der Waals surface area contributed by atoms with Gasteiger partial charge in [-0.1, -0.05) is 59.7 Å². The number of hydrogen-bond donors (Lipinski definition) is 1.